The van der Waals surface area contributed by atoms with Crippen molar-refractivity contribution in [2.24, 2.45) is 0 Å². The fourth-order valence-corrected chi connectivity index (χ4v) is 1.72. The zero-order valence-corrected chi connectivity index (χ0v) is 10.6. The smallest absolute Gasteiger partial charge is 0.434 e. The van der Waals surface area contributed by atoms with E-state index in [2.05, 4.69) is 9.72 Å². The van der Waals surface area contributed by atoms with E-state index in [9.17, 15) is 31.1 Å². The summed E-state index contributed by atoms with van der Waals surface area (Å²) in [7, 11) is 0. The number of hydrogen-bond donors (Lipinski definition) is 0. The number of nitrogens with zero attached hydrogens (tertiary/aromatic N) is 1. The fourth-order valence-electron chi connectivity index (χ4n) is 1.72. The van der Waals surface area contributed by atoms with Gasteiger partial charge in [-0.3, -0.25) is 4.79 Å². The van der Waals surface area contributed by atoms with Gasteiger partial charge in [0, 0.05) is 5.39 Å². The van der Waals surface area contributed by atoms with Crippen molar-refractivity contribution in [2.75, 3.05) is 0 Å². The van der Waals surface area contributed by atoms with Crippen LogP contribution in [0.15, 0.2) is 30.3 Å². The van der Waals surface area contributed by atoms with Crippen LogP contribution in [-0.4, -0.2) is 29.7 Å². The molecule has 3 nitrogen and oxygen atoms in total. The number of ether oxygens (including phenoxy) is 1. The van der Waals surface area contributed by atoms with E-state index >= 15 is 0 Å². The average Bonchev–Trinajstić information content (AvgIpc) is 2.41. The monoisotopic (exact) mass is 323 g/mol. The van der Waals surface area contributed by atoms with Crippen LogP contribution in [0.4, 0.5) is 26.3 Å². The minimum absolute atomic E-state index is 0.0819. The van der Waals surface area contributed by atoms with E-state index < -0.39 is 29.9 Å². The molecule has 0 saturated carbocycles. The standard InChI is InChI=1S/C13H7F6NO2/c14-12(15,16)11(13(17,18)19)22-10-8(6-21)5-7-3-1-2-4-9(7)20-10/h1-6,11H. The van der Waals surface area contributed by atoms with E-state index in [1.165, 1.54) is 18.2 Å². The van der Waals surface area contributed by atoms with Gasteiger partial charge < -0.3 is 4.74 Å². The van der Waals surface area contributed by atoms with E-state index in [0.717, 1.165) is 6.07 Å². The number of carbonyl (C=O) groups excluding carboxylic acids is 1. The van der Waals surface area contributed by atoms with Gasteiger partial charge in [0.25, 0.3) is 6.10 Å². The molecule has 0 amide bonds. The number of benzene rings is 1. The van der Waals surface area contributed by atoms with E-state index in [-0.39, 0.29) is 11.8 Å². The van der Waals surface area contributed by atoms with Crippen molar-refractivity contribution in [1.29, 1.82) is 0 Å². The Labute approximate surface area is 119 Å². The first-order valence-electron chi connectivity index (χ1n) is 5.78. The third-order valence-corrected chi connectivity index (χ3v) is 2.67. The zero-order valence-electron chi connectivity index (χ0n) is 10.6. The minimum Gasteiger partial charge on any atom is -0.454 e. The molecule has 0 radical (unpaired) electrons. The highest BCUT2D eigenvalue weighted by atomic mass is 19.4. The van der Waals surface area contributed by atoms with Gasteiger partial charge in [0.05, 0.1) is 11.1 Å². The number of halogens is 6. The first-order valence-corrected chi connectivity index (χ1v) is 5.78. The lowest BCUT2D eigenvalue weighted by Crippen LogP contribution is -2.46. The summed E-state index contributed by atoms with van der Waals surface area (Å²) in [5.41, 5.74) is -0.400. The van der Waals surface area contributed by atoms with Crippen molar-refractivity contribution >= 4 is 17.2 Å². The van der Waals surface area contributed by atoms with Gasteiger partial charge >= 0.3 is 12.4 Å². The highest BCUT2D eigenvalue weighted by Crippen LogP contribution is 2.37. The third kappa shape index (κ3) is 3.29. The maximum absolute atomic E-state index is 12.5. The van der Waals surface area contributed by atoms with Crippen LogP contribution >= 0.6 is 0 Å². The van der Waals surface area contributed by atoms with Crippen LogP contribution in [-0.2, 0) is 0 Å². The Morgan fingerprint density at radius 2 is 1.64 bits per heavy atom. The van der Waals surface area contributed by atoms with Crippen molar-refractivity contribution in [3.8, 4) is 5.88 Å². The van der Waals surface area contributed by atoms with Crippen LogP contribution in [0.1, 0.15) is 10.4 Å². The molecule has 118 valence electrons. The summed E-state index contributed by atoms with van der Waals surface area (Å²) in [6, 6.07) is 7.05. The number of carbonyl (C=O) groups is 1. The van der Waals surface area contributed by atoms with Gasteiger partial charge in [-0.05, 0) is 12.1 Å². The van der Waals surface area contributed by atoms with E-state index in [1.807, 2.05) is 0 Å². The molecule has 2 rings (SSSR count). The van der Waals surface area contributed by atoms with Gasteiger partial charge in [0.2, 0.25) is 5.88 Å². The summed E-state index contributed by atoms with van der Waals surface area (Å²) in [5, 5.41) is 0.382. The molecule has 0 aliphatic heterocycles. The van der Waals surface area contributed by atoms with Gasteiger partial charge in [-0.1, -0.05) is 18.2 Å². The molecule has 0 aliphatic rings. The molecule has 1 aromatic heterocycles. The SMILES string of the molecule is O=Cc1cc2ccccc2nc1OC(C(F)(F)F)C(F)(F)F. The van der Waals surface area contributed by atoms with Gasteiger partial charge in [0.15, 0.2) is 6.29 Å². The molecular weight excluding hydrogens is 316 g/mol. The van der Waals surface area contributed by atoms with Crippen LogP contribution in [0.5, 0.6) is 5.88 Å². The number of aldehydes is 1. The van der Waals surface area contributed by atoms with Gasteiger partial charge in [-0.25, -0.2) is 4.98 Å². The maximum atomic E-state index is 12.5. The van der Waals surface area contributed by atoms with Gasteiger partial charge in [-0.15, -0.1) is 0 Å². The van der Waals surface area contributed by atoms with Crippen LogP contribution in [0.25, 0.3) is 10.9 Å². The largest absolute Gasteiger partial charge is 0.454 e. The topological polar surface area (TPSA) is 39.2 Å². The van der Waals surface area contributed by atoms with Crippen molar-refractivity contribution in [3.05, 3.63) is 35.9 Å². The number of para-hydroxylation sites is 1. The molecule has 2 aromatic rings. The maximum Gasteiger partial charge on any atom is 0.434 e. The summed E-state index contributed by atoms with van der Waals surface area (Å²) in [5.74, 6) is -1.02. The Morgan fingerprint density at radius 3 is 2.18 bits per heavy atom. The highest BCUT2D eigenvalue weighted by molar-refractivity contribution is 5.88. The fraction of sp³-hybridized carbons (Fsp3) is 0.231. The molecule has 0 N–H and O–H groups in total. The molecule has 0 saturated heterocycles. The summed E-state index contributed by atoms with van der Waals surface area (Å²) in [6.45, 7) is 0. The second-order valence-corrected chi connectivity index (χ2v) is 4.27. The number of pyridine rings is 1. The third-order valence-electron chi connectivity index (χ3n) is 2.67. The number of rotatable bonds is 3. The summed E-state index contributed by atoms with van der Waals surface area (Å²) in [6.07, 6.45) is -15.4. The molecule has 0 fully saturated rings. The zero-order chi connectivity index (χ0) is 16.5. The Balaban J connectivity index is 2.51. The second-order valence-electron chi connectivity index (χ2n) is 4.27. The van der Waals surface area contributed by atoms with E-state index in [1.54, 1.807) is 6.07 Å². The summed E-state index contributed by atoms with van der Waals surface area (Å²) in [4.78, 5) is 14.4. The van der Waals surface area contributed by atoms with Crippen LogP contribution in [0, 0.1) is 0 Å². The molecule has 1 aromatic carbocycles. The summed E-state index contributed by atoms with van der Waals surface area (Å²) < 4.78 is 78.9. The predicted octanol–water partition coefficient (Wildman–Crippen LogP) is 3.92. The number of alkyl halides is 6. The van der Waals surface area contributed by atoms with Crippen LogP contribution < -0.4 is 4.74 Å². The molecule has 0 aliphatic carbocycles. The lowest BCUT2D eigenvalue weighted by atomic mass is 10.1. The molecule has 9 heteroatoms. The molecule has 0 bridgehead atoms. The van der Waals surface area contributed by atoms with Crippen LogP contribution in [0.3, 0.4) is 0 Å². The quantitative estimate of drug-likeness (QED) is 0.635. The van der Waals surface area contributed by atoms with Crippen molar-refractivity contribution in [3.63, 3.8) is 0 Å². The molecule has 1 heterocycles. The molecule has 0 unspecified atom stereocenters. The molecule has 0 spiro atoms. The van der Waals surface area contributed by atoms with E-state index in [0.29, 0.717) is 5.39 Å². The Hall–Kier alpha value is -2.32. The number of fused-ring (bicyclic) bond motifs is 1. The van der Waals surface area contributed by atoms with E-state index in [4.69, 9.17) is 0 Å². The summed E-state index contributed by atoms with van der Waals surface area (Å²) >= 11 is 0. The van der Waals surface area contributed by atoms with Crippen LogP contribution in [0.2, 0.25) is 0 Å². The van der Waals surface area contributed by atoms with Crippen molar-refractivity contribution in [2.45, 2.75) is 18.5 Å². The molecule has 22 heavy (non-hydrogen) atoms. The Bertz CT molecular complexity index is 681. The molecule has 0 atom stereocenters. The normalized spacial score (nSPS) is 12.7. The lowest BCUT2D eigenvalue weighted by molar-refractivity contribution is -0.300. The second kappa shape index (κ2) is 5.47. The Morgan fingerprint density at radius 1 is 1.05 bits per heavy atom. The Kier molecular flexibility index (Phi) is 3.99. The average molecular weight is 323 g/mol. The number of hydrogen-bond acceptors (Lipinski definition) is 3. The number of aromatic nitrogens is 1. The first kappa shape index (κ1) is 16.1. The highest BCUT2D eigenvalue weighted by Gasteiger charge is 2.59. The minimum atomic E-state index is -5.69. The van der Waals surface area contributed by atoms with Gasteiger partial charge in [0.1, 0.15) is 0 Å². The van der Waals surface area contributed by atoms with Crippen molar-refractivity contribution < 1.29 is 35.9 Å². The predicted molar refractivity (Wildman–Crippen MR) is 63.7 cm³/mol. The lowest BCUT2D eigenvalue weighted by Gasteiger charge is -2.23. The van der Waals surface area contributed by atoms with Gasteiger partial charge in [-0.2, -0.15) is 26.3 Å². The molecular formula is C13H7F6NO2. The first-order chi connectivity index (χ1) is 10.1. The van der Waals surface area contributed by atoms with Crippen molar-refractivity contribution in [1.82, 2.24) is 4.98 Å².